The molecule has 0 spiro atoms. The van der Waals surface area contributed by atoms with Crippen LogP contribution in [0.15, 0.2) is 61.2 Å². The van der Waals surface area contributed by atoms with Crippen molar-refractivity contribution >= 4 is 29.1 Å². The normalized spacial score (nSPS) is 24.2. The first-order chi connectivity index (χ1) is 16.0. The molecule has 0 saturated carbocycles. The first-order valence-corrected chi connectivity index (χ1v) is 12.9. The van der Waals surface area contributed by atoms with Crippen molar-refractivity contribution in [2.45, 2.75) is 83.4 Å². The Hall–Kier alpha value is -1.81. The predicted octanol–water partition coefficient (Wildman–Crippen LogP) is 7.96. The number of benzene rings is 2. The molecule has 1 heterocycles. The zero-order valence-corrected chi connectivity index (χ0v) is 22.2. The molecule has 0 aromatic heterocycles. The Morgan fingerprint density at radius 3 is 2.41 bits per heavy atom. The zero-order chi connectivity index (χ0) is 25.1. The van der Waals surface area contributed by atoms with Crippen LogP contribution in [-0.2, 0) is 4.79 Å². The van der Waals surface area contributed by atoms with E-state index in [1.165, 1.54) is 0 Å². The lowest BCUT2D eigenvalue weighted by Gasteiger charge is -2.52. The number of allylic oxidation sites excluding steroid dienone is 1. The SMILES string of the molecule is C=CC[C@@]1(C)CC(c2cccc(Cl)c2)C(c2ccc(Cl)cc2)N(C(CC)CCC(C)(C)O)C1=O. The second kappa shape index (κ2) is 10.8. The number of aliphatic hydroxyl groups is 1. The van der Waals surface area contributed by atoms with Crippen LogP contribution >= 0.6 is 23.2 Å². The molecule has 3 rings (SSSR count). The van der Waals surface area contributed by atoms with E-state index in [0.29, 0.717) is 29.3 Å². The van der Waals surface area contributed by atoms with Crippen LogP contribution in [0.25, 0.3) is 0 Å². The van der Waals surface area contributed by atoms with Gasteiger partial charge in [0.1, 0.15) is 0 Å². The van der Waals surface area contributed by atoms with E-state index < -0.39 is 11.0 Å². The summed E-state index contributed by atoms with van der Waals surface area (Å²) in [5, 5.41) is 11.8. The molecule has 1 aliphatic rings. The van der Waals surface area contributed by atoms with Gasteiger partial charge in [-0.05, 0) is 81.3 Å². The lowest BCUT2D eigenvalue weighted by atomic mass is 9.67. The number of likely N-dealkylation sites (tertiary alicyclic amines) is 1. The summed E-state index contributed by atoms with van der Waals surface area (Å²) >= 11 is 12.7. The largest absolute Gasteiger partial charge is 0.390 e. The molecule has 34 heavy (non-hydrogen) atoms. The van der Waals surface area contributed by atoms with E-state index in [1.54, 1.807) is 0 Å². The molecule has 0 bridgehead atoms. The number of carbonyl (C=O) groups is 1. The number of piperidine rings is 1. The van der Waals surface area contributed by atoms with Crippen molar-refractivity contribution in [3.05, 3.63) is 82.4 Å². The third-order valence-corrected chi connectivity index (χ3v) is 7.63. The highest BCUT2D eigenvalue weighted by Gasteiger charge is 2.50. The topological polar surface area (TPSA) is 40.5 Å². The van der Waals surface area contributed by atoms with Crippen molar-refractivity contribution in [2.75, 3.05) is 0 Å². The molecule has 2 aromatic carbocycles. The number of carbonyl (C=O) groups excluding carboxylic acids is 1. The molecule has 1 N–H and O–H groups in total. The van der Waals surface area contributed by atoms with Gasteiger partial charge in [-0.2, -0.15) is 0 Å². The highest BCUT2D eigenvalue weighted by Crippen LogP contribution is 2.52. The number of amides is 1. The lowest BCUT2D eigenvalue weighted by molar-refractivity contribution is -0.155. The highest BCUT2D eigenvalue weighted by atomic mass is 35.5. The molecule has 1 fully saturated rings. The van der Waals surface area contributed by atoms with Gasteiger partial charge in [-0.15, -0.1) is 6.58 Å². The molecule has 0 aliphatic carbocycles. The first kappa shape index (κ1) is 26.8. The quantitative estimate of drug-likeness (QED) is 0.353. The smallest absolute Gasteiger partial charge is 0.229 e. The van der Waals surface area contributed by atoms with E-state index >= 15 is 0 Å². The number of rotatable bonds is 9. The molecule has 0 radical (unpaired) electrons. The summed E-state index contributed by atoms with van der Waals surface area (Å²) in [5.41, 5.74) is 0.821. The summed E-state index contributed by atoms with van der Waals surface area (Å²) in [5.74, 6) is 0.201. The third-order valence-electron chi connectivity index (χ3n) is 7.14. The van der Waals surface area contributed by atoms with Crippen molar-refractivity contribution in [3.63, 3.8) is 0 Å². The Kier molecular flexibility index (Phi) is 8.55. The first-order valence-electron chi connectivity index (χ1n) is 12.2. The molecule has 1 amide bonds. The second-order valence-corrected chi connectivity index (χ2v) is 11.4. The number of nitrogens with zero attached hydrogens (tertiary/aromatic N) is 1. The van der Waals surface area contributed by atoms with E-state index in [-0.39, 0.29) is 23.9 Å². The molecule has 184 valence electrons. The highest BCUT2D eigenvalue weighted by molar-refractivity contribution is 6.30. The van der Waals surface area contributed by atoms with Crippen LogP contribution in [0.5, 0.6) is 0 Å². The summed E-state index contributed by atoms with van der Waals surface area (Å²) < 4.78 is 0. The maximum atomic E-state index is 14.2. The van der Waals surface area contributed by atoms with Crippen molar-refractivity contribution in [3.8, 4) is 0 Å². The predicted molar refractivity (Wildman–Crippen MR) is 142 cm³/mol. The third kappa shape index (κ3) is 6.05. The number of hydrogen-bond acceptors (Lipinski definition) is 2. The molecular weight excluding hydrogens is 465 g/mol. The van der Waals surface area contributed by atoms with Gasteiger partial charge in [-0.1, -0.05) is 67.4 Å². The molecule has 3 nitrogen and oxygen atoms in total. The molecular formula is C29H37Cl2NO2. The fourth-order valence-electron chi connectivity index (χ4n) is 5.35. The van der Waals surface area contributed by atoms with Gasteiger partial charge in [-0.25, -0.2) is 0 Å². The van der Waals surface area contributed by atoms with Gasteiger partial charge < -0.3 is 10.0 Å². The van der Waals surface area contributed by atoms with E-state index in [9.17, 15) is 9.90 Å². The van der Waals surface area contributed by atoms with Crippen molar-refractivity contribution in [2.24, 2.45) is 5.41 Å². The number of halogens is 2. The Balaban J connectivity index is 2.19. The number of hydrogen-bond donors (Lipinski definition) is 1. The van der Waals surface area contributed by atoms with Crippen molar-refractivity contribution in [1.82, 2.24) is 4.90 Å². The monoisotopic (exact) mass is 501 g/mol. The molecule has 5 heteroatoms. The van der Waals surface area contributed by atoms with E-state index in [2.05, 4.69) is 31.4 Å². The van der Waals surface area contributed by atoms with Gasteiger partial charge in [0.2, 0.25) is 5.91 Å². The molecule has 1 aliphatic heterocycles. The van der Waals surface area contributed by atoms with Crippen molar-refractivity contribution < 1.29 is 9.90 Å². The molecule has 4 atom stereocenters. The van der Waals surface area contributed by atoms with Gasteiger partial charge in [0.05, 0.1) is 17.1 Å². The summed E-state index contributed by atoms with van der Waals surface area (Å²) in [4.78, 5) is 16.3. The summed E-state index contributed by atoms with van der Waals surface area (Å²) in [7, 11) is 0. The Labute approximate surface area is 214 Å². The van der Waals surface area contributed by atoms with Gasteiger partial charge in [0, 0.05) is 22.0 Å². The van der Waals surface area contributed by atoms with E-state index in [0.717, 1.165) is 24.0 Å². The average Bonchev–Trinajstić information content (AvgIpc) is 2.77. The van der Waals surface area contributed by atoms with E-state index in [1.807, 2.05) is 62.4 Å². The Morgan fingerprint density at radius 2 is 1.85 bits per heavy atom. The van der Waals surface area contributed by atoms with Crippen molar-refractivity contribution in [1.29, 1.82) is 0 Å². The summed E-state index contributed by atoms with van der Waals surface area (Å²) in [6, 6.07) is 15.7. The molecule has 3 unspecified atom stereocenters. The fraction of sp³-hybridized carbons (Fsp3) is 0.483. The average molecular weight is 503 g/mol. The summed E-state index contributed by atoms with van der Waals surface area (Å²) in [6.45, 7) is 11.8. The van der Waals surface area contributed by atoms with Crippen LogP contribution in [0.1, 0.15) is 82.9 Å². The maximum Gasteiger partial charge on any atom is 0.229 e. The fourth-order valence-corrected chi connectivity index (χ4v) is 5.67. The Bertz CT molecular complexity index is 998. The molecule has 2 aromatic rings. The Morgan fingerprint density at radius 1 is 1.18 bits per heavy atom. The van der Waals surface area contributed by atoms with Gasteiger partial charge >= 0.3 is 0 Å². The van der Waals surface area contributed by atoms with Crippen LogP contribution in [0.4, 0.5) is 0 Å². The van der Waals surface area contributed by atoms with Gasteiger partial charge in [0.15, 0.2) is 0 Å². The standard InChI is InChI=1S/C29H37Cl2NO2/c1-6-16-29(5)19-25(21-9-8-10-23(31)18-21)26(20-11-13-22(30)14-12-20)32(27(29)33)24(7-2)15-17-28(3,4)34/h6,8-14,18,24-26,34H,1,7,15-17,19H2,2-5H3/t24?,25?,26?,29-/m0/s1. The second-order valence-electron chi connectivity index (χ2n) is 10.5. The van der Waals surface area contributed by atoms with Gasteiger partial charge in [-0.3, -0.25) is 4.79 Å². The van der Waals surface area contributed by atoms with Crippen LogP contribution in [-0.4, -0.2) is 27.6 Å². The molecule has 1 saturated heterocycles. The van der Waals surface area contributed by atoms with Crippen LogP contribution in [0, 0.1) is 5.41 Å². The minimum atomic E-state index is -0.793. The minimum absolute atomic E-state index is 0.00859. The summed E-state index contributed by atoms with van der Waals surface area (Å²) in [6.07, 6.45) is 5.30. The maximum absolute atomic E-state index is 14.2. The van der Waals surface area contributed by atoms with Crippen LogP contribution < -0.4 is 0 Å². The van der Waals surface area contributed by atoms with Crippen LogP contribution in [0.2, 0.25) is 10.0 Å². The lowest BCUT2D eigenvalue weighted by Crippen LogP contribution is -2.55. The minimum Gasteiger partial charge on any atom is -0.390 e. The zero-order valence-electron chi connectivity index (χ0n) is 20.7. The van der Waals surface area contributed by atoms with Gasteiger partial charge in [0.25, 0.3) is 0 Å². The van der Waals surface area contributed by atoms with Crippen LogP contribution in [0.3, 0.4) is 0 Å². The van der Waals surface area contributed by atoms with E-state index in [4.69, 9.17) is 23.2 Å².